The van der Waals surface area contributed by atoms with Crippen LogP contribution in [-0.4, -0.2) is 57.9 Å². The number of halogens is 1. The zero-order valence-electron chi connectivity index (χ0n) is 20.2. The van der Waals surface area contributed by atoms with Crippen molar-refractivity contribution in [2.24, 2.45) is 17.8 Å². The molecule has 0 radical (unpaired) electrons. The van der Waals surface area contributed by atoms with E-state index in [0.29, 0.717) is 34.8 Å². The number of likely N-dealkylation sites (tertiary alicyclic amines) is 1. The Morgan fingerprint density at radius 1 is 1.31 bits per heavy atom. The lowest BCUT2D eigenvalue weighted by atomic mass is 9.67. The lowest BCUT2D eigenvalue weighted by molar-refractivity contribution is -0.137. The van der Waals surface area contributed by atoms with E-state index in [2.05, 4.69) is 4.74 Å². The molecule has 35 heavy (non-hydrogen) atoms. The molecule has 0 bridgehead atoms. The van der Waals surface area contributed by atoms with Crippen molar-refractivity contribution in [2.75, 3.05) is 13.7 Å². The Morgan fingerprint density at radius 3 is 2.63 bits per heavy atom. The van der Waals surface area contributed by atoms with E-state index in [1.54, 1.807) is 12.1 Å². The average molecular weight is 506 g/mol. The Labute approximate surface area is 209 Å². The summed E-state index contributed by atoms with van der Waals surface area (Å²) in [6.07, 6.45) is 2.43. The van der Waals surface area contributed by atoms with E-state index in [0.717, 1.165) is 30.2 Å². The van der Waals surface area contributed by atoms with Gasteiger partial charge < -0.3 is 20.1 Å². The first kappa shape index (κ1) is 26.9. The molecule has 190 valence electrons. The number of aliphatic hydroxyl groups is 2. The highest BCUT2D eigenvalue weighted by atomic mass is 35.5. The van der Waals surface area contributed by atoms with E-state index in [9.17, 15) is 29.7 Å². The number of fused-ring (bicyclic) bond motifs is 1. The molecule has 9 heteroatoms. The largest absolute Gasteiger partial charge is 0.508 e. The highest BCUT2D eigenvalue weighted by Gasteiger charge is 2.57. The van der Waals surface area contributed by atoms with Crippen molar-refractivity contribution in [3.05, 3.63) is 45.5 Å². The van der Waals surface area contributed by atoms with Crippen LogP contribution in [0, 0.1) is 17.8 Å². The van der Waals surface area contributed by atoms with E-state index < -0.39 is 48.4 Å². The van der Waals surface area contributed by atoms with Crippen molar-refractivity contribution < 1.29 is 34.4 Å². The number of methoxy groups -OCH3 is 1. The SMILES string of the molecule is CCCC1=C([C@H](O)CC/C(C)=C/c2ccc(O)cc2Cl)[C@H](CO)[C@@H]2C(=O)N(C(=O)OC)C(=O)[C@@H]2C1. The molecule has 1 aliphatic heterocycles. The number of rotatable bonds is 8. The summed E-state index contributed by atoms with van der Waals surface area (Å²) in [5.74, 6) is -3.65. The van der Waals surface area contributed by atoms with Gasteiger partial charge in [0.2, 0.25) is 11.8 Å². The number of allylic oxidation sites excluding steroid dienone is 2. The van der Waals surface area contributed by atoms with Gasteiger partial charge in [0, 0.05) is 5.92 Å². The molecule has 2 aliphatic rings. The molecule has 1 aliphatic carbocycles. The number of imide groups is 3. The fraction of sp³-hybridized carbons (Fsp3) is 0.500. The normalized spacial score (nSPS) is 23.5. The van der Waals surface area contributed by atoms with Crippen LogP contribution in [0.1, 0.15) is 51.5 Å². The van der Waals surface area contributed by atoms with E-state index >= 15 is 0 Å². The number of carbonyl (C=O) groups is 3. The fourth-order valence-electron chi connectivity index (χ4n) is 5.26. The number of aliphatic hydroxyl groups excluding tert-OH is 2. The Hall–Kier alpha value is -2.68. The number of aromatic hydroxyl groups is 1. The number of amides is 3. The maximum absolute atomic E-state index is 13.0. The molecule has 3 N–H and O–H groups in total. The molecule has 0 aromatic heterocycles. The second-order valence-corrected chi connectivity index (χ2v) is 9.57. The zero-order valence-corrected chi connectivity index (χ0v) is 20.9. The van der Waals surface area contributed by atoms with Crippen molar-refractivity contribution >= 4 is 35.6 Å². The quantitative estimate of drug-likeness (QED) is 0.359. The van der Waals surface area contributed by atoms with Gasteiger partial charge in [0.1, 0.15) is 5.75 Å². The summed E-state index contributed by atoms with van der Waals surface area (Å²) in [5.41, 5.74) is 3.15. The van der Waals surface area contributed by atoms with Crippen LogP contribution in [0.5, 0.6) is 5.75 Å². The molecule has 8 nitrogen and oxygen atoms in total. The Morgan fingerprint density at radius 2 is 2.03 bits per heavy atom. The maximum Gasteiger partial charge on any atom is 0.423 e. The van der Waals surface area contributed by atoms with Gasteiger partial charge in [-0.05, 0) is 61.9 Å². The molecule has 1 fully saturated rings. The lowest BCUT2D eigenvalue weighted by Crippen LogP contribution is -2.40. The first-order valence-corrected chi connectivity index (χ1v) is 12.1. The molecular formula is C26H32ClNO7. The standard InChI is InChI=1S/C26H32ClNO7/c1-4-5-16-11-18-23(25(33)28(24(18)32)26(34)35-3)19(13-29)22(16)21(31)9-6-14(2)10-15-7-8-17(30)12-20(15)27/h7-8,10,12,18-19,21,23,29-31H,4-6,9,11,13H2,1-3H3/b14-10+/t18-,19+,21-,23-/m1/s1. The van der Waals surface area contributed by atoms with Gasteiger partial charge in [0.15, 0.2) is 0 Å². The van der Waals surface area contributed by atoms with Crippen LogP contribution in [-0.2, 0) is 14.3 Å². The number of hydrogen-bond acceptors (Lipinski definition) is 7. The summed E-state index contributed by atoms with van der Waals surface area (Å²) >= 11 is 6.19. The highest BCUT2D eigenvalue weighted by Crippen LogP contribution is 2.47. The summed E-state index contributed by atoms with van der Waals surface area (Å²) in [6.45, 7) is 3.46. The Balaban J connectivity index is 1.85. The Bertz CT molecular complexity index is 1060. The lowest BCUT2D eigenvalue weighted by Gasteiger charge is -2.36. The first-order valence-electron chi connectivity index (χ1n) is 11.8. The second-order valence-electron chi connectivity index (χ2n) is 9.17. The highest BCUT2D eigenvalue weighted by molar-refractivity contribution is 6.32. The third-order valence-electron chi connectivity index (χ3n) is 6.85. The van der Waals surface area contributed by atoms with Crippen molar-refractivity contribution in [3.8, 4) is 5.75 Å². The molecule has 1 heterocycles. The van der Waals surface area contributed by atoms with E-state index in [-0.39, 0.29) is 12.2 Å². The third-order valence-corrected chi connectivity index (χ3v) is 7.17. The molecule has 0 saturated carbocycles. The number of phenols is 1. The minimum atomic E-state index is -1.03. The Kier molecular flexibility index (Phi) is 8.74. The van der Waals surface area contributed by atoms with Crippen LogP contribution in [0.15, 0.2) is 34.9 Å². The van der Waals surface area contributed by atoms with Gasteiger partial charge in [-0.2, -0.15) is 4.90 Å². The number of benzene rings is 1. The predicted molar refractivity (Wildman–Crippen MR) is 130 cm³/mol. The molecule has 1 saturated heterocycles. The predicted octanol–water partition coefficient (Wildman–Crippen LogP) is 4.07. The summed E-state index contributed by atoms with van der Waals surface area (Å²) in [6, 6.07) is 4.71. The van der Waals surface area contributed by atoms with E-state index in [1.807, 2.05) is 19.9 Å². The second kappa shape index (κ2) is 11.4. The summed E-state index contributed by atoms with van der Waals surface area (Å²) < 4.78 is 4.62. The van der Waals surface area contributed by atoms with Gasteiger partial charge in [-0.1, -0.05) is 42.2 Å². The van der Waals surface area contributed by atoms with Gasteiger partial charge in [-0.15, -0.1) is 0 Å². The van der Waals surface area contributed by atoms with Crippen LogP contribution in [0.3, 0.4) is 0 Å². The molecular weight excluding hydrogens is 474 g/mol. The van der Waals surface area contributed by atoms with Crippen LogP contribution in [0.4, 0.5) is 4.79 Å². The zero-order chi connectivity index (χ0) is 25.9. The molecule has 1 aromatic carbocycles. The van der Waals surface area contributed by atoms with Crippen molar-refractivity contribution in [1.29, 1.82) is 0 Å². The minimum absolute atomic E-state index is 0.0759. The van der Waals surface area contributed by atoms with Gasteiger partial charge in [-0.25, -0.2) is 4.79 Å². The summed E-state index contributed by atoms with van der Waals surface area (Å²) in [4.78, 5) is 38.5. The molecule has 4 atom stereocenters. The molecule has 3 rings (SSSR count). The third kappa shape index (κ3) is 5.44. The van der Waals surface area contributed by atoms with Crippen LogP contribution >= 0.6 is 11.6 Å². The van der Waals surface area contributed by atoms with Crippen molar-refractivity contribution in [3.63, 3.8) is 0 Å². The molecule has 3 amide bonds. The van der Waals surface area contributed by atoms with Crippen LogP contribution in [0.2, 0.25) is 5.02 Å². The van der Waals surface area contributed by atoms with Crippen LogP contribution < -0.4 is 0 Å². The van der Waals surface area contributed by atoms with E-state index in [4.69, 9.17) is 11.6 Å². The average Bonchev–Trinajstić information content (AvgIpc) is 3.07. The minimum Gasteiger partial charge on any atom is -0.508 e. The number of ether oxygens (including phenoxy) is 1. The maximum atomic E-state index is 13.0. The first-order chi connectivity index (χ1) is 16.6. The number of phenolic OH excluding ortho intramolecular Hbond substituents is 1. The topological polar surface area (TPSA) is 124 Å². The summed E-state index contributed by atoms with van der Waals surface area (Å²) in [7, 11) is 1.10. The number of nitrogens with zero attached hydrogens (tertiary/aromatic N) is 1. The summed E-state index contributed by atoms with van der Waals surface area (Å²) in [5, 5.41) is 31.4. The fourth-order valence-corrected chi connectivity index (χ4v) is 5.49. The van der Waals surface area contributed by atoms with Gasteiger partial charge in [0.05, 0.1) is 36.7 Å². The monoisotopic (exact) mass is 505 g/mol. The van der Waals surface area contributed by atoms with Gasteiger partial charge in [0.25, 0.3) is 0 Å². The van der Waals surface area contributed by atoms with Crippen molar-refractivity contribution in [1.82, 2.24) is 4.90 Å². The van der Waals surface area contributed by atoms with Gasteiger partial charge in [-0.3, -0.25) is 9.59 Å². The molecule has 0 spiro atoms. The van der Waals surface area contributed by atoms with E-state index in [1.165, 1.54) is 6.07 Å². The molecule has 1 aromatic rings. The van der Waals surface area contributed by atoms with Crippen molar-refractivity contribution in [2.45, 2.75) is 52.1 Å². The van der Waals surface area contributed by atoms with Gasteiger partial charge >= 0.3 is 6.09 Å². The van der Waals surface area contributed by atoms with Crippen LogP contribution in [0.25, 0.3) is 6.08 Å². The number of carbonyl (C=O) groups excluding carboxylic acids is 3. The molecule has 0 unspecified atom stereocenters. The smallest absolute Gasteiger partial charge is 0.423 e. The number of hydrogen-bond donors (Lipinski definition) is 3.